The first-order valence-electron chi connectivity index (χ1n) is 11.3. The molecule has 0 bridgehead atoms. The van der Waals surface area contributed by atoms with Crippen molar-refractivity contribution in [2.75, 3.05) is 18.4 Å². The lowest BCUT2D eigenvalue weighted by molar-refractivity contribution is 0.276. The molecule has 1 aliphatic carbocycles. The maximum absolute atomic E-state index is 14.7. The van der Waals surface area contributed by atoms with Gasteiger partial charge in [0.25, 0.3) is 0 Å². The summed E-state index contributed by atoms with van der Waals surface area (Å²) in [6, 6.07) is 6.52. The third kappa shape index (κ3) is 4.84. The van der Waals surface area contributed by atoms with Crippen LogP contribution in [0.5, 0.6) is 0 Å². The number of nitrogens with one attached hydrogen (secondary N) is 2. The zero-order chi connectivity index (χ0) is 22.7. The minimum Gasteiger partial charge on any atom is -0.390 e. The van der Waals surface area contributed by atoms with Crippen molar-refractivity contribution in [3.8, 4) is 5.69 Å². The van der Waals surface area contributed by atoms with Crippen LogP contribution in [0.4, 0.5) is 10.1 Å². The van der Waals surface area contributed by atoms with E-state index >= 15 is 0 Å². The van der Waals surface area contributed by atoms with Crippen molar-refractivity contribution in [3.63, 3.8) is 0 Å². The van der Waals surface area contributed by atoms with E-state index in [2.05, 4.69) is 29.2 Å². The minimum absolute atomic E-state index is 0.151. The Hall–Kier alpha value is -2.77. The maximum Gasteiger partial charge on any atom is 0.148 e. The highest BCUT2D eigenvalue weighted by molar-refractivity contribution is 5.91. The number of nitrogens with zero attached hydrogens (tertiary/aromatic N) is 3. The average molecular weight is 438 g/mol. The van der Waals surface area contributed by atoms with Gasteiger partial charge in [0.05, 0.1) is 23.7 Å². The molecule has 0 radical (unpaired) electrons. The van der Waals surface area contributed by atoms with Gasteiger partial charge in [0.2, 0.25) is 0 Å². The number of halogens is 1. The highest BCUT2D eigenvalue weighted by Crippen LogP contribution is 2.56. The van der Waals surface area contributed by atoms with Crippen molar-refractivity contribution in [3.05, 3.63) is 66.0 Å². The molecule has 1 saturated carbocycles. The summed E-state index contributed by atoms with van der Waals surface area (Å²) in [5.41, 5.74) is 4.39. The number of aliphatic hydroxyl groups excluding tert-OH is 1. The summed E-state index contributed by atoms with van der Waals surface area (Å²) < 4.78 is 16.2. The van der Waals surface area contributed by atoms with Crippen LogP contribution in [-0.4, -0.2) is 33.7 Å². The van der Waals surface area contributed by atoms with Gasteiger partial charge in [-0.05, 0) is 82.8 Å². The van der Waals surface area contributed by atoms with Crippen molar-refractivity contribution < 1.29 is 9.50 Å². The van der Waals surface area contributed by atoms with Crippen LogP contribution >= 0.6 is 0 Å². The first-order valence-corrected chi connectivity index (χ1v) is 11.3. The molecule has 6 nitrogen and oxygen atoms in total. The molecule has 1 aromatic carbocycles. The van der Waals surface area contributed by atoms with Gasteiger partial charge < -0.3 is 15.7 Å². The molecule has 7 heteroatoms. The molecule has 2 fully saturated rings. The van der Waals surface area contributed by atoms with E-state index in [-0.39, 0.29) is 12.0 Å². The number of aliphatic hydroxyl groups is 1. The molecule has 2 aromatic rings. The monoisotopic (exact) mass is 437 g/mol. The molecule has 0 amide bonds. The standard InChI is InChI=1S/C25H32FN5O/c1-17(28-19(3)25(9-10-25)20-6-11-27-12-7-20)14-18(2)29-24-5-4-22(15-23(24)26)31-13-8-21(16-32)30-31/h4-5,8,13-15,20,27,29,32H,2,6-7,9-12,16H2,1,3H3/b17-14+,28-19?. The third-order valence-electron chi connectivity index (χ3n) is 6.68. The number of hydrogen-bond acceptors (Lipinski definition) is 5. The molecule has 4 rings (SSSR count). The summed E-state index contributed by atoms with van der Waals surface area (Å²) in [6.45, 7) is 10.2. The van der Waals surface area contributed by atoms with Crippen LogP contribution in [0.25, 0.3) is 5.69 Å². The van der Waals surface area contributed by atoms with Crippen LogP contribution in [0.15, 0.2) is 59.5 Å². The van der Waals surface area contributed by atoms with Gasteiger partial charge in [-0.1, -0.05) is 6.58 Å². The molecule has 2 heterocycles. The second-order valence-corrected chi connectivity index (χ2v) is 8.89. The zero-order valence-corrected chi connectivity index (χ0v) is 18.9. The van der Waals surface area contributed by atoms with E-state index in [1.165, 1.54) is 42.1 Å². The molecule has 1 aliphatic heterocycles. The topological polar surface area (TPSA) is 74.5 Å². The van der Waals surface area contributed by atoms with E-state index < -0.39 is 5.82 Å². The van der Waals surface area contributed by atoms with Crippen LogP contribution < -0.4 is 10.6 Å². The van der Waals surface area contributed by atoms with Gasteiger partial charge in [0.1, 0.15) is 5.82 Å². The van der Waals surface area contributed by atoms with E-state index in [1.807, 2.05) is 13.0 Å². The fraction of sp³-hybridized carbons (Fsp3) is 0.440. The first-order chi connectivity index (χ1) is 15.4. The van der Waals surface area contributed by atoms with Crippen molar-refractivity contribution >= 4 is 11.4 Å². The Balaban J connectivity index is 1.41. The predicted octanol–water partition coefficient (Wildman–Crippen LogP) is 4.57. The van der Waals surface area contributed by atoms with Gasteiger partial charge in [0.15, 0.2) is 0 Å². The number of hydrogen-bond donors (Lipinski definition) is 3. The Morgan fingerprint density at radius 3 is 2.72 bits per heavy atom. The number of benzene rings is 1. The molecule has 0 unspecified atom stereocenters. The molecule has 170 valence electrons. The molecule has 3 N–H and O–H groups in total. The number of aliphatic imine (C=N–C) groups is 1. The molecular weight excluding hydrogens is 405 g/mol. The number of piperidine rings is 1. The number of rotatable bonds is 8. The number of aromatic nitrogens is 2. The fourth-order valence-corrected chi connectivity index (χ4v) is 4.78. The van der Waals surface area contributed by atoms with Crippen LogP contribution in [0, 0.1) is 17.2 Å². The normalized spacial score (nSPS) is 19.1. The SMILES string of the molecule is C=C(/C=C(\C)N=C(C)C1(C2CCNCC2)CC1)Nc1ccc(-n2ccc(CO)n2)cc1F. The van der Waals surface area contributed by atoms with E-state index in [9.17, 15) is 4.39 Å². The second kappa shape index (κ2) is 9.38. The molecule has 0 atom stereocenters. The van der Waals surface area contributed by atoms with Gasteiger partial charge in [-0.2, -0.15) is 5.10 Å². The third-order valence-corrected chi connectivity index (χ3v) is 6.68. The van der Waals surface area contributed by atoms with E-state index in [0.29, 0.717) is 22.8 Å². The van der Waals surface area contributed by atoms with Crippen LogP contribution in [0.3, 0.4) is 0 Å². The zero-order valence-electron chi connectivity index (χ0n) is 18.9. The quantitative estimate of drug-likeness (QED) is 0.418. The summed E-state index contributed by atoms with van der Waals surface area (Å²) in [4.78, 5) is 4.89. The summed E-state index contributed by atoms with van der Waals surface area (Å²) >= 11 is 0. The van der Waals surface area contributed by atoms with Crippen molar-refractivity contribution in [2.24, 2.45) is 16.3 Å². The minimum atomic E-state index is -0.404. The molecule has 32 heavy (non-hydrogen) atoms. The Kier molecular flexibility index (Phi) is 6.58. The van der Waals surface area contributed by atoms with Crippen LogP contribution in [-0.2, 0) is 6.61 Å². The van der Waals surface area contributed by atoms with Gasteiger partial charge in [0, 0.05) is 34.8 Å². The molecule has 1 saturated heterocycles. The van der Waals surface area contributed by atoms with Gasteiger partial charge >= 0.3 is 0 Å². The molecule has 2 aliphatic rings. The smallest absolute Gasteiger partial charge is 0.148 e. The second-order valence-electron chi connectivity index (χ2n) is 8.89. The lowest BCUT2D eigenvalue weighted by Gasteiger charge is -2.31. The summed E-state index contributed by atoms with van der Waals surface area (Å²) in [6.07, 6.45) is 8.45. The van der Waals surface area contributed by atoms with E-state index in [4.69, 9.17) is 10.1 Å². The highest BCUT2D eigenvalue weighted by Gasteiger charge is 2.51. The Morgan fingerprint density at radius 2 is 2.09 bits per heavy atom. The average Bonchev–Trinajstić information content (AvgIpc) is 3.46. The van der Waals surface area contributed by atoms with Gasteiger partial charge in [-0.15, -0.1) is 0 Å². The van der Waals surface area contributed by atoms with E-state index in [1.54, 1.807) is 24.4 Å². The van der Waals surface area contributed by atoms with Crippen LogP contribution in [0.1, 0.15) is 45.2 Å². The predicted molar refractivity (Wildman–Crippen MR) is 126 cm³/mol. The molecule has 0 spiro atoms. The van der Waals surface area contributed by atoms with Gasteiger partial charge in [-0.3, -0.25) is 4.99 Å². The molecule has 1 aromatic heterocycles. The van der Waals surface area contributed by atoms with Crippen molar-refractivity contribution in [1.29, 1.82) is 0 Å². The Bertz CT molecular complexity index is 1040. The lowest BCUT2D eigenvalue weighted by atomic mass is 9.79. The Labute approximate surface area is 188 Å². The molecular formula is C25H32FN5O. The largest absolute Gasteiger partial charge is 0.390 e. The fourth-order valence-electron chi connectivity index (χ4n) is 4.78. The Morgan fingerprint density at radius 1 is 1.34 bits per heavy atom. The van der Waals surface area contributed by atoms with Crippen molar-refractivity contribution in [2.45, 2.75) is 46.1 Å². The summed E-state index contributed by atoms with van der Waals surface area (Å²) in [5.74, 6) is 0.316. The first kappa shape index (κ1) is 22.4. The number of anilines is 1. The van der Waals surface area contributed by atoms with Crippen LogP contribution in [0.2, 0.25) is 0 Å². The summed E-state index contributed by atoms with van der Waals surface area (Å²) in [7, 11) is 0. The van der Waals surface area contributed by atoms with E-state index in [0.717, 1.165) is 24.7 Å². The van der Waals surface area contributed by atoms with Gasteiger partial charge in [-0.25, -0.2) is 9.07 Å². The van der Waals surface area contributed by atoms with Crippen molar-refractivity contribution in [1.82, 2.24) is 15.1 Å². The maximum atomic E-state index is 14.7. The lowest BCUT2D eigenvalue weighted by Crippen LogP contribution is -2.35. The number of allylic oxidation sites excluding steroid dienone is 2. The summed E-state index contributed by atoms with van der Waals surface area (Å²) in [5, 5.41) is 19.8. The highest BCUT2D eigenvalue weighted by atomic mass is 19.1.